The molecule has 0 spiro atoms. The first-order chi connectivity index (χ1) is 7.55. The zero-order chi connectivity index (χ0) is 12.0. The van der Waals surface area contributed by atoms with Gasteiger partial charge in [0.2, 0.25) is 0 Å². The lowest BCUT2D eigenvalue weighted by molar-refractivity contribution is 0.339. The minimum Gasteiger partial charge on any atom is -0.491 e. The van der Waals surface area contributed by atoms with Crippen LogP contribution in [0.1, 0.15) is 13.3 Å². The molecule has 0 radical (unpaired) electrons. The topological polar surface area (TPSA) is 43.4 Å². The van der Waals surface area contributed by atoms with Crippen LogP contribution in [0.3, 0.4) is 0 Å². The Morgan fingerprint density at radius 1 is 1.25 bits per heavy atom. The molecule has 0 unspecified atom stereocenters. The third-order valence-corrected chi connectivity index (χ3v) is 4.48. The average Bonchev–Trinajstić information content (AvgIpc) is 2.20. The molecule has 0 bridgehead atoms. The number of ether oxygens (including phenoxy) is 1. The summed E-state index contributed by atoms with van der Waals surface area (Å²) in [6.45, 7) is 2.05. The molecule has 1 aromatic carbocycles. The van der Waals surface area contributed by atoms with Crippen molar-refractivity contribution in [1.82, 2.24) is 0 Å². The highest BCUT2D eigenvalue weighted by atomic mass is 79.9. The molecular formula is C11H15BrO3S. The lowest BCUT2D eigenvalue weighted by Gasteiger charge is -2.07. The molecule has 1 rings (SSSR count). The van der Waals surface area contributed by atoms with Crippen molar-refractivity contribution in [1.29, 1.82) is 0 Å². The maximum Gasteiger partial charge on any atom is 0.153 e. The van der Waals surface area contributed by atoms with E-state index < -0.39 is 9.84 Å². The van der Waals surface area contributed by atoms with E-state index in [0.29, 0.717) is 12.2 Å². The number of halogens is 1. The molecule has 90 valence electrons. The lowest BCUT2D eigenvalue weighted by Crippen LogP contribution is -2.16. The first-order valence-corrected chi connectivity index (χ1v) is 7.74. The van der Waals surface area contributed by atoms with Crippen molar-refractivity contribution in [2.75, 3.05) is 18.1 Å². The molecule has 0 atom stereocenters. The van der Waals surface area contributed by atoms with Crippen LogP contribution in [0.15, 0.2) is 28.7 Å². The van der Waals surface area contributed by atoms with E-state index in [-0.39, 0.29) is 18.1 Å². The van der Waals surface area contributed by atoms with Crippen LogP contribution in [0, 0.1) is 0 Å². The molecule has 0 fully saturated rings. The SMILES string of the molecule is CCCS(=O)(=O)CCOc1ccccc1Br. The molecule has 0 amide bonds. The number of benzene rings is 1. The van der Waals surface area contributed by atoms with Gasteiger partial charge in [0.25, 0.3) is 0 Å². The predicted octanol–water partition coefficient (Wildman–Crippen LogP) is 2.65. The summed E-state index contributed by atoms with van der Waals surface area (Å²) in [5.74, 6) is 0.975. The molecular weight excluding hydrogens is 292 g/mol. The van der Waals surface area contributed by atoms with Crippen LogP contribution in [-0.4, -0.2) is 26.5 Å². The van der Waals surface area contributed by atoms with Crippen LogP contribution in [0.25, 0.3) is 0 Å². The molecule has 0 saturated heterocycles. The van der Waals surface area contributed by atoms with Crippen LogP contribution in [0.4, 0.5) is 0 Å². The van der Waals surface area contributed by atoms with E-state index in [4.69, 9.17) is 4.74 Å². The van der Waals surface area contributed by atoms with Gasteiger partial charge in [0.1, 0.15) is 12.4 Å². The quantitative estimate of drug-likeness (QED) is 0.811. The normalized spacial score (nSPS) is 11.4. The van der Waals surface area contributed by atoms with Crippen molar-refractivity contribution in [3.63, 3.8) is 0 Å². The highest BCUT2D eigenvalue weighted by molar-refractivity contribution is 9.10. The Morgan fingerprint density at radius 3 is 2.56 bits per heavy atom. The second-order valence-electron chi connectivity index (χ2n) is 3.43. The minimum atomic E-state index is -2.95. The maximum absolute atomic E-state index is 11.4. The van der Waals surface area contributed by atoms with Gasteiger partial charge in [0.15, 0.2) is 9.84 Å². The summed E-state index contributed by atoms with van der Waals surface area (Å²) in [6, 6.07) is 7.39. The fraction of sp³-hybridized carbons (Fsp3) is 0.455. The molecule has 1 aromatic rings. The first kappa shape index (κ1) is 13.5. The van der Waals surface area contributed by atoms with Gasteiger partial charge in [-0.15, -0.1) is 0 Å². The molecule has 0 N–H and O–H groups in total. The highest BCUT2D eigenvalue weighted by Crippen LogP contribution is 2.23. The number of rotatable bonds is 6. The Hall–Kier alpha value is -0.550. The Morgan fingerprint density at radius 2 is 1.94 bits per heavy atom. The smallest absolute Gasteiger partial charge is 0.153 e. The van der Waals surface area contributed by atoms with Crippen molar-refractivity contribution >= 4 is 25.8 Å². The zero-order valence-electron chi connectivity index (χ0n) is 9.15. The molecule has 0 aliphatic rings. The monoisotopic (exact) mass is 306 g/mol. The molecule has 0 aliphatic carbocycles. The molecule has 0 saturated carbocycles. The largest absolute Gasteiger partial charge is 0.491 e. The Bertz CT molecular complexity index is 429. The second kappa shape index (κ2) is 6.25. The third kappa shape index (κ3) is 4.53. The van der Waals surface area contributed by atoms with Crippen molar-refractivity contribution < 1.29 is 13.2 Å². The number of hydrogen-bond acceptors (Lipinski definition) is 3. The van der Waals surface area contributed by atoms with Gasteiger partial charge in [-0.1, -0.05) is 19.1 Å². The molecule has 0 heterocycles. The van der Waals surface area contributed by atoms with Gasteiger partial charge in [0, 0.05) is 0 Å². The van der Waals surface area contributed by atoms with Gasteiger partial charge in [-0.3, -0.25) is 0 Å². The second-order valence-corrected chi connectivity index (χ2v) is 6.59. The van der Waals surface area contributed by atoms with Gasteiger partial charge in [0.05, 0.1) is 16.0 Å². The van der Waals surface area contributed by atoms with Crippen LogP contribution in [0.5, 0.6) is 5.75 Å². The molecule has 0 aromatic heterocycles. The van der Waals surface area contributed by atoms with Gasteiger partial charge in [-0.2, -0.15) is 0 Å². The van der Waals surface area contributed by atoms with E-state index in [1.807, 2.05) is 25.1 Å². The summed E-state index contributed by atoms with van der Waals surface area (Å²) in [5, 5.41) is 0. The Kier molecular flexibility index (Phi) is 5.28. The number of para-hydroxylation sites is 1. The first-order valence-electron chi connectivity index (χ1n) is 5.13. The van der Waals surface area contributed by atoms with E-state index >= 15 is 0 Å². The molecule has 5 heteroatoms. The summed E-state index contributed by atoms with van der Waals surface area (Å²) in [7, 11) is -2.95. The van der Waals surface area contributed by atoms with E-state index in [1.165, 1.54) is 0 Å². The van der Waals surface area contributed by atoms with Gasteiger partial charge >= 0.3 is 0 Å². The molecule has 0 aliphatic heterocycles. The summed E-state index contributed by atoms with van der Waals surface area (Å²) < 4.78 is 29.1. The summed E-state index contributed by atoms with van der Waals surface area (Å²) in [6.07, 6.45) is 0.650. The van der Waals surface area contributed by atoms with E-state index in [1.54, 1.807) is 6.07 Å². The molecule has 16 heavy (non-hydrogen) atoms. The predicted molar refractivity (Wildman–Crippen MR) is 68.6 cm³/mol. The Labute approximate surface area is 105 Å². The average molecular weight is 307 g/mol. The van der Waals surface area contributed by atoms with Crippen LogP contribution in [-0.2, 0) is 9.84 Å². The highest BCUT2D eigenvalue weighted by Gasteiger charge is 2.09. The number of sulfone groups is 1. The van der Waals surface area contributed by atoms with Crippen LogP contribution >= 0.6 is 15.9 Å². The maximum atomic E-state index is 11.4. The van der Waals surface area contributed by atoms with Crippen molar-refractivity contribution in [3.8, 4) is 5.75 Å². The standard InChI is InChI=1S/C11H15BrO3S/c1-2-8-16(13,14)9-7-15-11-6-4-3-5-10(11)12/h3-6H,2,7-9H2,1H3. The van der Waals surface area contributed by atoms with E-state index in [9.17, 15) is 8.42 Å². The van der Waals surface area contributed by atoms with Crippen molar-refractivity contribution in [2.24, 2.45) is 0 Å². The van der Waals surface area contributed by atoms with Crippen molar-refractivity contribution in [2.45, 2.75) is 13.3 Å². The Balaban J connectivity index is 2.45. The van der Waals surface area contributed by atoms with Crippen LogP contribution < -0.4 is 4.74 Å². The fourth-order valence-corrected chi connectivity index (χ4v) is 2.82. The third-order valence-electron chi connectivity index (χ3n) is 2.00. The van der Waals surface area contributed by atoms with E-state index in [2.05, 4.69) is 15.9 Å². The van der Waals surface area contributed by atoms with Gasteiger partial charge in [-0.05, 0) is 34.5 Å². The summed E-state index contributed by atoms with van der Waals surface area (Å²) in [5.41, 5.74) is 0. The van der Waals surface area contributed by atoms with Crippen molar-refractivity contribution in [3.05, 3.63) is 28.7 Å². The van der Waals surface area contributed by atoms with E-state index in [0.717, 1.165) is 4.47 Å². The molecule has 3 nitrogen and oxygen atoms in total. The summed E-state index contributed by atoms with van der Waals surface area (Å²) in [4.78, 5) is 0. The van der Waals surface area contributed by atoms with Gasteiger partial charge in [-0.25, -0.2) is 8.42 Å². The summed E-state index contributed by atoms with van der Waals surface area (Å²) >= 11 is 3.33. The number of hydrogen-bond donors (Lipinski definition) is 0. The minimum absolute atomic E-state index is 0.0716. The fourth-order valence-electron chi connectivity index (χ4n) is 1.25. The van der Waals surface area contributed by atoms with Crippen LogP contribution in [0.2, 0.25) is 0 Å². The van der Waals surface area contributed by atoms with Gasteiger partial charge < -0.3 is 4.74 Å². The zero-order valence-corrected chi connectivity index (χ0v) is 11.6. The lowest BCUT2D eigenvalue weighted by atomic mass is 10.3.